The van der Waals surface area contributed by atoms with Crippen molar-refractivity contribution < 1.29 is 14.3 Å². The second-order valence-electron chi connectivity index (χ2n) is 9.23. The molecule has 1 aromatic carbocycles. The van der Waals surface area contributed by atoms with E-state index in [0.29, 0.717) is 5.76 Å². The van der Waals surface area contributed by atoms with E-state index in [9.17, 15) is 4.79 Å². The third kappa shape index (κ3) is 4.78. The summed E-state index contributed by atoms with van der Waals surface area (Å²) in [6.07, 6.45) is 9.82. The Labute approximate surface area is 192 Å². The van der Waals surface area contributed by atoms with Gasteiger partial charge in [-0.2, -0.15) is 0 Å². The van der Waals surface area contributed by atoms with E-state index in [0.717, 1.165) is 68.9 Å². The minimum absolute atomic E-state index is 0.0164. The number of ketones is 1. The molecule has 0 N–H and O–H groups in total. The molecule has 0 bridgehead atoms. The molecule has 3 aliphatic rings. The molecule has 2 atom stereocenters. The van der Waals surface area contributed by atoms with Crippen molar-refractivity contribution in [3.05, 3.63) is 64.6 Å². The summed E-state index contributed by atoms with van der Waals surface area (Å²) < 4.78 is 12.1. The van der Waals surface area contributed by atoms with Crippen molar-refractivity contribution in [2.75, 3.05) is 40.3 Å². The molecule has 1 heterocycles. The van der Waals surface area contributed by atoms with Crippen LogP contribution in [0.2, 0.25) is 0 Å². The normalized spacial score (nSPS) is 29.3. The number of nitrogens with zero attached hydrogens (tertiary/aromatic N) is 2. The molecule has 5 nitrogen and oxygen atoms in total. The molecule has 0 spiro atoms. The number of piperazine rings is 1. The molecule has 2 unspecified atom stereocenters. The van der Waals surface area contributed by atoms with Gasteiger partial charge in [-0.1, -0.05) is 25.1 Å². The van der Waals surface area contributed by atoms with Crippen LogP contribution in [-0.4, -0.2) is 62.0 Å². The third-order valence-electron chi connectivity index (χ3n) is 7.03. The van der Waals surface area contributed by atoms with Crippen molar-refractivity contribution in [1.29, 1.82) is 0 Å². The molecule has 1 fully saturated rings. The Morgan fingerprint density at radius 3 is 2.62 bits per heavy atom. The van der Waals surface area contributed by atoms with E-state index in [4.69, 9.17) is 9.47 Å². The number of aryl methyl sites for hydroxylation is 1. The highest BCUT2D eigenvalue weighted by molar-refractivity contribution is 6.08. The molecule has 32 heavy (non-hydrogen) atoms. The first-order valence-electron chi connectivity index (χ1n) is 11.9. The lowest BCUT2D eigenvalue weighted by atomic mass is 9.88. The van der Waals surface area contributed by atoms with Crippen LogP contribution >= 0.6 is 0 Å². The smallest absolute Gasteiger partial charge is 0.225 e. The standard InChI is InChI=1S/C27H36N2O3/c1-5-24-19(2)7-6-8-25(29-15-13-28(3)14-16-29)27(26(24)30)32-23-12-10-20-9-11-22(31-4)17-21(20)18-23/h5-6,8-9,11,17,19,23H,7,10,12-16,18H2,1-4H3/b8-6+,24-5+,27-25-. The Morgan fingerprint density at radius 1 is 1.12 bits per heavy atom. The fourth-order valence-electron chi connectivity index (χ4n) is 4.98. The summed E-state index contributed by atoms with van der Waals surface area (Å²) in [6, 6.07) is 6.29. The molecule has 0 radical (unpaired) electrons. The number of carbonyl (C=O) groups excluding carboxylic acids is 1. The number of hydrogen-bond donors (Lipinski definition) is 0. The number of Topliss-reactive ketones (excluding diaryl/α,β-unsaturated/α-hetero) is 1. The molecule has 2 aliphatic carbocycles. The molecule has 0 aromatic heterocycles. The van der Waals surface area contributed by atoms with Crippen molar-refractivity contribution in [2.45, 2.75) is 45.6 Å². The van der Waals surface area contributed by atoms with Gasteiger partial charge >= 0.3 is 0 Å². The second-order valence-corrected chi connectivity index (χ2v) is 9.23. The van der Waals surface area contributed by atoms with Gasteiger partial charge in [-0.05, 0) is 68.5 Å². The second kappa shape index (κ2) is 9.95. The van der Waals surface area contributed by atoms with Crippen LogP contribution in [-0.2, 0) is 22.4 Å². The molecular weight excluding hydrogens is 400 g/mol. The SMILES string of the molecule is C/C=C1/C(=O)/C(OC2CCc3ccc(OC)cc3C2)=C(N2CCN(C)CC2)\C=C\CC1C. The summed E-state index contributed by atoms with van der Waals surface area (Å²) in [5.41, 5.74) is 4.42. The van der Waals surface area contributed by atoms with E-state index >= 15 is 0 Å². The quantitative estimate of drug-likeness (QED) is 0.664. The minimum atomic E-state index is -0.0164. The van der Waals surface area contributed by atoms with Gasteiger partial charge in [0.2, 0.25) is 5.78 Å². The number of fused-ring (bicyclic) bond motifs is 1. The molecule has 0 saturated carbocycles. The number of hydrogen-bond acceptors (Lipinski definition) is 5. The summed E-state index contributed by atoms with van der Waals surface area (Å²) in [6.45, 7) is 7.87. The topological polar surface area (TPSA) is 42.0 Å². The van der Waals surface area contributed by atoms with E-state index in [1.165, 1.54) is 11.1 Å². The number of rotatable bonds is 4. The van der Waals surface area contributed by atoms with E-state index in [1.54, 1.807) is 7.11 Å². The van der Waals surface area contributed by atoms with Crippen molar-refractivity contribution >= 4 is 5.78 Å². The van der Waals surface area contributed by atoms with Gasteiger partial charge in [0.05, 0.1) is 12.8 Å². The Bertz CT molecular complexity index is 938. The zero-order valence-electron chi connectivity index (χ0n) is 19.9. The Kier molecular flexibility index (Phi) is 7.04. The first-order chi connectivity index (χ1) is 15.5. The summed E-state index contributed by atoms with van der Waals surface area (Å²) in [5, 5.41) is 0. The average molecular weight is 437 g/mol. The molecular formula is C27H36N2O3. The zero-order chi connectivity index (χ0) is 22.7. The van der Waals surface area contributed by atoms with Gasteiger partial charge in [-0.25, -0.2) is 0 Å². The number of benzene rings is 1. The highest BCUT2D eigenvalue weighted by Gasteiger charge is 2.31. The fraction of sp³-hybridized carbons (Fsp3) is 0.519. The number of carbonyl (C=O) groups is 1. The van der Waals surface area contributed by atoms with Gasteiger partial charge in [-0.15, -0.1) is 0 Å². The molecule has 1 saturated heterocycles. The van der Waals surface area contributed by atoms with E-state index < -0.39 is 0 Å². The van der Waals surface area contributed by atoms with Gasteiger partial charge in [0.1, 0.15) is 11.9 Å². The van der Waals surface area contributed by atoms with Gasteiger partial charge in [0, 0.05) is 38.2 Å². The predicted octanol–water partition coefficient (Wildman–Crippen LogP) is 4.14. The number of allylic oxidation sites excluding steroid dienone is 4. The van der Waals surface area contributed by atoms with E-state index in [2.05, 4.69) is 48.1 Å². The Hall–Kier alpha value is -2.53. The van der Waals surface area contributed by atoms with Crippen LogP contribution in [0.3, 0.4) is 0 Å². The van der Waals surface area contributed by atoms with Crippen LogP contribution < -0.4 is 4.74 Å². The van der Waals surface area contributed by atoms with Crippen LogP contribution in [0.5, 0.6) is 5.75 Å². The maximum Gasteiger partial charge on any atom is 0.225 e. The third-order valence-corrected chi connectivity index (χ3v) is 7.03. The van der Waals surface area contributed by atoms with E-state index in [1.807, 2.05) is 19.1 Å². The van der Waals surface area contributed by atoms with Gasteiger partial charge in [0.15, 0.2) is 5.76 Å². The number of ether oxygens (including phenoxy) is 2. The Morgan fingerprint density at radius 2 is 1.91 bits per heavy atom. The predicted molar refractivity (Wildman–Crippen MR) is 128 cm³/mol. The highest BCUT2D eigenvalue weighted by atomic mass is 16.5. The molecule has 1 aliphatic heterocycles. The first-order valence-corrected chi connectivity index (χ1v) is 11.9. The lowest BCUT2D eigenvalue weighted by molar-refractivity contribution is -0.117. The summed E-state index contributed by atoms with van der Waals surface area (Å²) in [7, 11) is 3.85. The van der Waals surface area contributed by atoms with Crippen LogP contribution in [0.4, 0.5) is 0 Å². The lowest BCUT2D eigenvalue weighted by Crippen LogP contribution is -2.44. The first kappa shape index (κ1) is 22.7. The van der Waals surface area contributed by atoms with Crippen molar-refractivity contribution in [2.24, 2.45) is 5.92 Å². The number of likely N-dealkylation sites (N-methyl/N-ethyl adjacent to an activating group) is 1. The summed E-state index contributed by atoms with van der Waals surface area (Å²) >= 11 is 0. The van der Waals surface area contributed by atoms with E-state index in [-0.39, 0.29) is 17.8 Å². The van der Waals surface area contributed by atoms with Gasteiger partial charge in [0.25, 0.3) is 0 Å². The molecule has 5 heteroatoms. The largest absolute Gasteiger partial charge is 0.497 e. The van der Waals surface area contributed by atoms with Crippen LogP contribution in [0.15, 0.2) is 53.5 Å². The monoisotopic (exact) mass is 436 g/mol. The van der Waals surface area contributed by atoms with Crippen LogP contribution in [0, 0.1) is 5.92 Å². The van der Waals surface area contributed by atoms with Crippen LogP contribution in [0.25, 0.3) is 0 Å². The Balaban J connectivity index is 1.66. The molecule has 4 rings (SSSR count). The summed E-state index contributed by atoms with van der Waals surface area (Å²) in [4.78, 5) is 18.4. The molecule has 172 valence electrons. The maximum atomic E-state index is 13.7. The number of methoxy groups -OCH3 is 1. The van der Waals surface area contributed by atoms with Crippen LogP contribution in [0.1, 0.15) is 37.8 Å². The van der Waals surface area contributed by atoms with Gasteiger partial charge in [-0.3, -0.25) is 4.79 Å². The zero-order valence-corrected chi connectivity index (χ0v) is 19.9. The average Bonchev–Trinajstić information content (AvgIpc) is 2.80. The van der Waals surface area contributed by atoms with Crippen molar-refractivity contribution in [3.8, 4) is 5.75 Å². The lowest BCUT2D eigenvalue weighted by Gasteiger charge is -2.37. The fourth-order valence-corrected chi connectivity index (χ4v) is 4.98. The summed E-state index contributed by atoms with van der Waals surface area (Å²) in [5.74, 6) is 1.64. The maximum absolute atomic E-state index is 13.7. The van der Waals surface area contributed by atoms with Gasteiger partial charge < -0.3 is 19.3 Å². The highest BCUT2D eigenvalue weighted by Crippen LogP contribution is 2.32. The molecule has 1 aromatic rings. The van der Waals surface area contributed by atoms with Crippen molar-refractivity contribution in [1.82, 2.24) is 9.80 Å². The molecule has 0 amide bonds. The van der Waals surface area contributed by atoms with Crippen molar-refractivity contribution in [3.63, 3.8) is 0 Å². The minimum Gasteiger partial charge on any atom is -0.497 e.